The molecule has 0 aromatic carbocycles. The molecule has 0 unspecified atom stereocenters. The molecule has 0 fully saturated rings. The monoisotopic (exact) mass is 526 g/mol. The summed E-state index contributed by atoms with van der Waals surface area (Å²) in [6, 6.07) is 3.36. The molecule has 0 saturated carbocycles. The fourth-order valence-corrected chi connectivity index (χ4v) is 3.83. The Kier molecular flexibility index (Phi) is 7.41. The van der Waals surface area contributed by atoms with Gasteiger partial charge in [-0.2, -0.15) is 13.9 Å². The van der Waals surface area contributed by atoms with Crippen LogP contribution in [0.5, 0.6) is 11.8 Å². The molecule has 4 aromatic heterocycles. The van der Waals surface area contributed by atoms with Gasteiger partial charge in [-0.3, -0.25) is 4.68 Å². The molecule has 1 aliphatic rings. The molecule has 0 spiro atoms. The molecule has 3 N–H and O–H groups in total. The number of aryl methyl sites for hydroxylation is 2. The second-order valence-electron chi connectivity index (χ2n) is 8.94. The Morgan fingerprint density at radius 3 is 2.59 bits per heavy atom. The van der Waals surface area contributed by atoms with Crippen LogP contribution in [0.3, 0.4) is 0 Å². The van der Waals surface area contributed by atoms with Crippen LogP contribution < -0.4 is 9.47 Å². The third-order valence-electron chi connectivity index (χ3n) is 5.36. The van der Waals surface area contributed by atoms with Gasteiger partial charge >= 0.3 is 6.61 Å². The molecule has 1 aliphatic heterocycles. The molecular formula is C23H26F4N6O4. The number of nitrogens with zero attached hydrogens (tertiary/aromatic N) is 5. The van der Waals surface area contributed by atoms with Crippen LogP contribution in [0.1, 0.15) is 32.4 Å². The zero-order valence-electron chi connectivity index (χ0n) is 20.3. The van der Waals surface area contributed by atoms with Crippen LogP contribution in [-0.2, 0) is 13.6 Å². The van der Waals surface area contributed by atoms with Gasteiger partial charge < -0.3 is 24.7 Å². The number of H-pyrrole nitrogens is 1. The van der Waals surface area contributed by atoms with Gasteiger partial charge in [0.05, 0.1) is 35.6 Å². The Labute approximate surface area is 208 Å². The molecule has 4 aromatic rings. The summed E-state index contributed by atoms with van der Waals surface area (Å²) in [6.07, 6.45) is 0.766. The van der Waals surface area contributed by atoms with Crippen molar-refractivity contribution in [2.24, 2.45) is 7.05 Å². The maximum Gasteiger partial charge on any atom is 0.388 e. The van der Waals surface area contributed by atoms with E-state index >= 15 is 0 Å². The van der Waals surface area contributed by atoms with Crippen LogP contribution in [0.15, 0.2) is 24.5 Å². The van der Waals surface area contributed by atoms with Crippen molar-refractivity contribution in [1.29, 1.82) is 0 Å². The van der Waals surface area contributed by atoms with Crippen molar-refractivity contribution in [1.82, 2.24) is 29.5 Å². The Balaban J connectivity index is 0.000000480. The number of aliphatic hydroxyl groups is 2. The molecule has 5 rings (SSSR count). The maximum atomic E-state index is 13.9. The van der Waals surface area contributed by atoms with E-state index in [0.29, 0.717) is 36.2 Å². The first kappa shape index (κ1) is 26.4. The number of aromatic nitrogens is 6. The zero-order valence-corrected chi connectivity index (χ0v) is 20.3. The molecule has 37 heavy (non-hydrogen) atoms. The minimum Gasteiger partial charge on any atom is -0.477 e. The highest BCUT2D eigenvalue weighted by Gasteiger charge is 2.33. The first-order chi connectivity index (χ1) is 17.5. The lowest BCUT2D eigenvalue weighted by molar-refractivity contribution is -0.0527. The Morgan fingerprint density at radius 1 is 1.22 bits per heavy atom. The van der Waals surface area contributed by atoms with Crippen LogP contribution in [0.2, 0.25) is 0 Å². The van der Waals surface area contributed by atoms with Crippen LogP contribution in [0.25, 0.3) is 33.4 Å². The summed E-state index contributed by atoms with van der Waals surface area (Å²) in [7, 11) is 1.55. The lowest BCUT2D eigenvalue weighted by Crippen LogP contribution is -2.23. The number of nitrogens with one attached hydrogen (secondary N) is 1. The summed E-state index contributed by atoms with van der Waals surface area (Å²) >= 11 is 0. The Hall–Kier alpha value is -3.65. The number of hydrogen-bond acceptors (Lipinski definition) is 7. The van der Waals surface area contributed by atoms with Crippen molar-refractivity contribution in [3.05, 3.63) is 30.2 Å². The molecule has 5 heterocycles. The molecule has 0 amide bonds. The van der Waals surface area contributed by atoms with Gasteiger partial charge in [0.1, 0.15) is 11.3 Å². The van der Waals surface area contributed by atoms with Crippen LogP contribution in [0.4, 0.5) is 17.6 Å². The van der Waals surface area contributed by atoms with Crippen molar-refractivity contribution >= 4 is 11.0 Å². The molecule has 14 heteroatoms. The highest BCUT2D eigenvalue weighted by Crippen LogP contribution is 2.47. The molecule has 0 atom stereocenters. The summed E-state index contributed by atoms with van der Waals surface area (Å²) in [6.45, 7) is 0.592. The smallest absolute Gasteiger partial charge is 0.388 e. The van der Waals surface area contributed by atoms with Crippen molar-refractivity contribution in [2.75, 3.05) is 13.2 Å². The number of ether oxygens (including phenoxy) is 2. The van der Waals surface area contributed by atoms with Crippen LogP contribution in [-0.4, -0.2) is 65.2 Å². The van der Waals surface area contributed by atoms with Crippen molar-refractivity contribution < 1.29 is 37.2 Å². The SMILES string of the molecule is CC(C)(O)CO.Cn1cc(-c2c(-c3c(C(F)F)nn4c3OCCC4)[nH]c3ncccc23)c(OC(F)F)n1. The van der Waals surface area contributed by atoms with Crippen molar-refractivity contribution in [2.45, 2.75) is 45.5 Å². The summed E-state index contributed by atoms with van der Waals surface area (Å²) in [5.41, 5.74) is -0.152. The minimum atomic E-state index is -3.11. The molecule has 0 saturated heterocycles. The molecule has 200 valence electrons. The molecule has 0 radical (unpaired) electrons. The number of alkyl halides is 4. The Bertz CT molecular complexity index is 1380. The number of fused-ring (bicyclic) bond motifs is 2. The van der Waals surface area contributed by atoms with E-state index in [2.05, 4.69) is 24.9 Å². The number of aromatic amines is 1. The van der Waals surface area contributed by atoms with Gasteiger partial charge in [-0.05, 0) is 26.0 Å². The van der Waals surface area contributed by atoms with E-state index in [1.54, 1.807) is 33.0 Å². The van der Waals surface area contributed by atoms with E-state index in [1.807, 2.05) is 0 Å². The van der Waals surface area contributed by atoms with E-state index in [1.165, 1.54) is 21.8 Å². The van der Waals surface area contributed by atoms with E-state index < -0.39 is 24.3 Å². The fraction of sp³-hybridized carbons (Fsp3) is 0.435. The topological polar surface area (TPSA) is 123 Å². The summed E-state index contributed by atoms with van der Waals surface area (Å²) in [4.78, 5) is 7.30. The standard InChI is InChI=1S/C19H16F4N6O2.C4H10O2/c1-28-8-10(17(27-28)31-19(22)23)11-9-4-2-5-24-16(9)25-13(11)12-14(15(20)21)26-29-6-3-7-30-18(12)29;1-4(2,6)3-5/h2,4-5,8,15,19H,3,6-7H2,1H3,(H,24,25);5-6H,3H2,1-2H3. The number of aliphatic hydroxyl groups excluding tert-OH is 1. The van der Waals surface area contributed by atoms with Crippen LogP contribution in [0, 0.1) is 0 Å². The normalized spacial score (nSPS) is 13.5. The molecule has 10 nitrogen and oxygen atoms in total. The number of hydrogen-bond donors (Lipinski definition) is 3. The van der Waals surface area contributed by atoms with Crippen LogP contribution >= 0.6 is 0 Å². The average molecular weight is 526 g/mol. The largest absolute Gasteiger partial charge is 0.477 e. The third-order valence-corrected chi connectivity index (χ3v) is 5.36. The second-order valence-corrected chi connectivity index (χ2v) is 8.94. The lowest BCUT2D eigenvalue weighted by atomic mass is 10.0. The number of halogens is 4. The van der Waals surface area contributed by atoms with Gasteiger partial charge in [-0.25, -0.2) is 18.4 Å². The number of rotatable bonds is 6. The first-order valence-corrected chi connectivity index (χ1v) is 11.3. The summed E-state index contributed by atoms with van der Waals surface area (Å²) < 4.78 is 66.9. The lowest BCUT2D eigenvalue weighted by Gasteiger charge is -2.16. The van der Waals surface area contributed by atoms with E-state index in [9.17, 15) is 17.6 Å². The van der Waals surface area contributed by atoms with Crippen molar-refractivity contribution in [3.63, 3.8) is 0 Å². The first-order valence-electron chi connectivity index (χ1n) is 11.3. The van der Waals surface area contributed by atoms with Gasteiger partial charge in [0.15, 0.2) is 0 Å². The average Bonchev–Trinajstić information content (AvgIpc) is 3.50. The quantitative estimate of drug-likeness (QED) is 0.326. The van der Waals surface area contributed by atoms with Gasteiger partial charge in [-0.15, -0.1) is 5.10 Å². The predicted molar refractivity (Wildman–Crippen MR) is 125 cm³/mol. The predicted octanol–water partition coefficient (Wildman–Crippen LogP) is 3.90. The summed E-state index contributed by atoms with van der Waals surface area (Å²) in [5, 5.41) is 25.3. The third kappa shape index (κ3) is 5.54. The van der Waals surface area contributed by atoms with Gasteiger partial charge in [0, 0.05) is 43.4 Å². The highest BCUT2D eigenvalue weighted by molar-refractivity contribution is 6.04. The van der Waals surface area contributed by atoms with Gasteiger partial charge in [-0.1, -0.05) is 0 Å². The van der Waals surface area contributed by atoms with E-state index in [0.717, 1.165) is 0 Å². The Morgan fingerprint density at radius 2 is 1.95 bits per heavy atom. The molecule has 0 aliphatic carbocycles. The maximum absolute atomic E-state index is 13.9. The minimum absolute atomic E-state index is 0.0644. The molecule has 0 bridgehead atoms. The van der Waals surface area contributed by atoms with Gasteiger partial charge in [0.25, 0.3) is 6.43 Å². The molecular weight excluding hydrogens is 500 g/mol. The fourth-order valence-electron chi connectivity index (χ4n) is 3.83. The zero-order chi connectivity index (χ0) is 26.9. The second kappa shape index (κ2) is 10.4. The van der Waals surface area contributed by atoms with E-state index in [-0.39, 0.29) is 35.2 Å². The number of pyridine rings is 1. The summed E-state index contributed by atoms with van der Waals surface area (Å²) in [5.74, 6) is -0.140. The van der Waals surface area contributed by atoms with Gasteiger partial charge in [0.2, 0.25) is 11.8 Å². The van der Waals surface area contributed by atoms with Crippen molar-refractivity contribution in [3.8, 4) is 34.1 Å². The van der Waals surface area contributed by atoms with E-state index in [4.69, 9.17) is 14.9 Å². The highest BCUT2D eigenvalue weighted by atomic mass is 19.3.